The third-order valence-electron chi connectivity index (χ3n) is 4.69. The highest BCUT2D eigenvalue weighted by Gasteiger charge is 2.30. The van der Waals surface area contributed by atoms with E-state index < -0.39 is 10.0 Å². The topological polar surface area (TPSA) is 57.6 Å². The van der Waals surface area contributed by atoms with Gasteiger partial charge in [-0.05, 0) is 49.3 Å². The number of hydrogen-bond donors (Lipinski definition) is 1. The number of nitrogens with zero attached hydrogens (tertiary/aromatic N) is 1. The van der Waals surface area contributed by atoms with E-state index in [1.165, 1.54) is 10.7 Å². The number of aliphatic hydroxyl groups is 1. The van der Waals surface area contributed by atoms with Crippen molar-refractivity contribution in [3.8, 4) is 0 Å². The Morgan fingerprint density at radius 2 is 1.71 bits per heavy atom. The summed E-state index contributed by atoms with van der Waals surface area (Å²) >= 11 is 0. The molecule has 0 radical (unpaired) electrons. The molecule has 0 amide bonds. The zero-order chi connectivity index (χ0) is 15.5. The van der Waals surface area contributed by atoms with Gasteiger partial charge in [0.2, 0.25) is 10.0 Å². The van der Waals surface area contributed by atoms with Gasteiger partial charge >= 0.3 is 0 Å². The molecular weight excluding hydrogens is 286 g/mol. The number of rotatable bonds is 5. The maximum absolute atomic E-state index is 12.6. The van der Waals surface area contributed by atoms with E-state index in [0.29, 0.717) is 4.90 Å². The van der Waals surface area contributed by atoms with E-state index in [1.54, 1.807) is 31.3 Å². The minimum Gasteiger partial charge on any atom is -0.392 e. The highest BCUT2D eigenvalue weighted by Crippen LogP contribution is 2.31. The average molecular weight is 311 g/mol. The van der Waals surface area contributed by atoms with Crippen LogP contribution in [0.1, 0.15) is 44.6 Å². The molecule has 0 heterocycles. The van der Waals surface area contributed by atoms with Gasteiger partial charge in [-0.1, -0.05) is 25.5 Å². The van der Waals surface area contributed by atoms with Crippen LogP contribution in [-0.2, 0) is 16.6 Å². The van der Waals surface area contributed by atoms with Gasteiger partial charge in [0.25, 0.3) is 0 Å². The van der Waals surface area contributed by atoms with Crippen LogP contribution in [0.3, 0.4) is 0 Å². The van der Waals surface area contributed by atoms with Gasteiger partial charge in [-0.3, -0.25) is 0 Å². The van der Waals surface area contributed by atoms with Crippen LogP contribution >= 0.6 is 0 Å². The third-order valence-corrected chi connectivity index (χ3v) is 6.62. The predicted molar refractivity (Wildman–Crippen MR) is 83.4 cm³/mol. The van der Waals surface area contributed by atoms with Gasteiger partial charge in [0, 0.05) is 13.1 Å². The van der Waals surface area contributed by atoms with Gasteiger partial charge in [-0.25, -0.2) is 8.42 Å². The van der Waals surface area contributed by atoms with E-state index in [2.05, 4.69) is 6.92 Å². The number of benzene rings is 1. The van der Waals surface area contributed by atoms with Crippen LogP contribution < -0.4 is 0 Å². The molecule has 1 aromatic carbocycles. The predicted octanol–water partition coefficient (Wildman–Crippen LogP) is 2.77. The van der Waals surface area contributed by atoms with Crippen molar-refractivity contribution in [2.45, 2.75) is 56.6 Å². The van der Waals surface area contributed by atoms with E-state index in [1.807, 2.05) is 0 Å². The molecule has 0 saturated heterocycles. The first kappa shape index (κ1) is 16.5. The van der Waals surface area contributed by atoms with Gasteiger partial charge < -0.3 is 5.11 Å². The van der Waals surface area contributed by atoms with Gasteiger partial charge in [0.05, 0.1) is 11.5 Å². The fourth-order valence-corrected chi connectivity index (χ4v) is 4.46. The molecule has 1 aliphatic carbocycles. The normalized spacial score (nSPS) is 23.4. The Balaban J connectivity index is 2.11. The molecule has 1 aromatic rings. The fraction of sp³-hybridized carbons (Fsp3) is 0.625. The molecule has 0 unspecified atom stereocenters. The minimum absolute atomic E-state index is 0.0722. The quantitative estimate of drug-likeness (QED) is 0.909. The van der Waals surface area contributed by atoms with Gasteiger partial charge in [0.15, 0.2) is 0 Å². The van der Waals surface area contributed by atoms with Crippen molar-refractivity contribution in [1.82, 2.24) is 4.31 Å². The van der Waals surface area contributed by atoms with Gasteiger partial charge in [-0.2, -0.15) is 4.31 Å². The summed E-state index contributed by atoms with van der Waals surface area (Å²) in [5.41, 5.74) is 0.722. The monoisotopic (exact) mass is 311 g/mol. The molecular formula is C16H25NO3S. The summed E-state index contributed by atoms with van der Waals surface area (Å²) in [7, 11) is -1.75. The third kappa shape index (κ3) is 3.65. The molecule has 2 rings (SSSR count). The van der Waals surface area contributed by atoms with Crippen LogP contribution in [-0.4, -0.2) is 30.9 Å². The standard InChI is InChI=1S/C16H25NO3S/c1-3-13-4-8-15(9-5-13)17(2)21(19,20)16-10-6-14(12-18)7-11-16/h6-7,10-11,13,15,18H,3-5,8-9,12H2,1-2H3. The second-order valence-electron chi connectivity index (χ2n) is 5.91. The molecule has 21 heavy (non-hydrogen) atoms. The molecule has 0 bridgehead atoms. The van der Waals surface area contributed by atoms with E-state index >= 15 is 0 Å². The molecule has 4 nitrogen and oxygen atoms in total. The average Bonchev–Trinajstić information content (AvgIpc) is 2.54. The maximum Gasteiger partial charge on any atom is 0.243 e. The summed E-state index contributed by atoms with van der Waals surface area (Å²) < 4.78 is 26.8. The number of sulfonamides is 1. The SMILES string of the molecule is CCC1CCC(N(C)S(=O)(=O)c2ccc(CO)cc2)CC1. The smallest absolute Gasteiger partial charge is 0.243 e. The summed E-state index contributed by atoms with van der Waals surface area (Å²) in [5, 5.41) is 9.03. The minimum atomic E-state index is -3.44. The molecule has 0 aliphatic heterocycles. The van der Waals surface area contributed by atoms with Crippen molar-refractivity contribution < 1.29 is 13.5 Å². The fourth-order valence-electron chi connectivity index (χ4n) is 3.05. The summed E-state index contributed by atoms with van der Waals surface area (Å²) in [6.45, 7) is 2.13. The van der Waals surface area contributed by atoms with Crippen molar-refractivity contribution in [3.05, 3.63) is 29.8 Å². The lowest BCUT2D eigenvalue weighted by atomic mass is 9.85. The van der Waals surface area contributed by atoms with Crippen molar-refractivity contribution in [3.63, 3.8) is 0 Å². The van der Waals surface area contributed by atoms with Crippen LogP contribution in [0, 0.1) is 5.92 Å². The zero-order valence-corrected chi connectivity index (χ0v) is 13.6. The Morgan fingerprint density at radius 3 is 2.19 bits per heavy atom. The number of hydrogen-bond acceptors (Lipinski definition) is 3. The van der Waals surface area contributed by atoms with Crippen LogP contribution in [0.5, 0.6) is 0 Å². The molecule has 118 valence electrons. The van der Waals surface area contributed by atoms with E-state index in [0.717, 1.165) is 37.2 Å². The maximum atomic E-state index is 12.6. The molecule has 1 saturated carbocycles. The molecule has 0 aromatic heterocycles. The summed E-state index contributed by atoms with van der Waals surface area (Å²) in [5.74, 6) is 0.751. The van der Waals surface area contributed by atoms with Crippen LogP contribution in [0.4, 0.5) is 0 Å². The van der Waals surface area contributed by atoms with E-state index in [-0.39, 0.29) is 12.6 Å². The lowest BCUT2D eigenvalue weighted by Crippen LogP contribution is -2.39. The first-order valence-corrected chi connectivity index (χ1v) is 9.11. The van der Waals surface area contributed by atoms with Crippen LogP contribution in [0.15, 0.2) is 29.2 Å². The molecule has 5 heteroatoms. The van der Waals surface area contributed by atoms with E-state index in [9.17, 15) is 8.42 Å². The van der Waals surface area contributed by atoms with Crippen molar-refractivity contribution in [1.29, 1.82) is 0 Å². The largest absolute Gasteiger partial charge is 0.392 e. The lowest BCUT2D eigenvalue weighted by Gasteiger charge is -2.33. The summed E-state index contributed by atoms with van der Waals surface area (Å²) in [6, 6.07) is 6.59. The van der Waals surface area contributed by atoms with Gasteiger partial charge in [-0.15, -0.1) is 0 Å². The molecule has 0 spiro atoms. The molecule has 1 fully saturated rings. The molecule has 0 atom stereocenters. The first-order chi connectivity index (χ1) is 9.98. The zero-order valence-electron chi connectivity index (χ0n) is 12.8. The Labute approximate surface area is 127 Å². The van der Waals surface area contributed by atoms with Crippen molar-refractivity contribution >= 4 is 10.0 Å². The second kappa shape index (κ2) is 6.90. The highest BCUT2D eigenvalue weighted by molar-refractivity contribution is 7.89. The molecule has 1 aliphatic rings. The lowest BCUT2D eigenvalue weighted by molar-refractivity contribution is 0.233. The Morgan fingerprint density at radius 1 is 1.14 bits per heavy atom. The Kier molecular flexibility index (Phi) is 5.41. The molecule has 1 N–H and O–H groups in total. The first-order valence-electron chi connectivity index (χ1n) is 7.66. The highest BCUT2D eigenvalue weighted by atomic mass is 32.2. The van der Waals surface area contributed by atoms with E-state index in [4.69, 9.17) is 5.11 Å². The Hall–Kier alpha value is -0.910. The summed E-state index contributed by atoms with van der Waals surface area (Å²) in [4.78, 5) is 0.305. The second-order valence-corrected chi connectivity index (χ2v) is 7.90. The Bertz CT molecular complexity index is 545. The summed E-state index contributed by atoms with van der Waals surface area (Å²) in [6.07, 6.45) is 5.31. The van der Waals surface area contributed by atoms with Gasteiger partial charge in [0.1, 0.15) is 0 Å². The van der Waals surface area contributed by atoms with Crippen LogP contribution in [0.25, 0.3) is 0 Å². The van der Waals surface area contributed by atoms with Crippen molar-refractivity contribution in [2.75, 3.05) is 7.05 Å². The van der Waals surface area contributed by atoms with Crippen LogP contribution in [0.2, 0.25) is 0 Å². The van der Waals surface area contributed by atoms with Crippen molar-refractivity contribution in [2.24, 2.45) is 5.92 Å². The number of aliphatic hydroxyl groups excluding tert-OH is 1.